The van der Waals surface area contributed by atoms with Gasteiger partial charge in [-0.25, -0.2) is 4.79 Å². The van der Waals surface area contributed by atoms with Crippen LogP contribution in [0, 0.1) is 6.92 Å². The van der Waals surface area contributed by atoms with E-state index in [0.717, 1.165) is 31.8 Å². The summed E-state index contributed by atoms with van der Waals surface area (Å²) in [5.41, 5.74) is 3.79. The molecule has 8 heteroatoms. The molecule has 0 radical (unpaired) electrons. The Hall–Kier alpha value is -1.97. The molecule has 0 aliphatic carbocycles. The molecule has 0 unspecified atom stereocenters. The van der Waals surface area contributed by atoms with E-state index in [4.69, 9.17) is 4.74 Å². The smallest absolute Gasteiger partial charge is 0.409 e. The largest absolute Gasteiger partial charge is 0.450 e. The second-order valence-corrected chi connectivity index (χ2v) is 7.16. The molecule has 29 heavy (non-hydrogen) atoms. The zero-order valence-electron chi connectivity index (χ0n) is 17.5. The number of H-pyrrole nitrogens is 1. The van der Waals surface area contributed by atoms with Crippen molar-refractivity contribution in [1.29, 1.82) is 0 Å². The van der Waals surface area contributed by atoms with Gasteiger partial charge in [-0.1, -0.05) is 18.2 Å². The second-order valence-electron chi connectivity index (χ2n) is 7.16. The maximum atomic E-state index is 11.8. The number of carbonyl (C=O) groups is 1. The number of aliphatic imine (C=N–C) groups is 1. The molecule has 2 aromatic rings. The highest BCUT2D eigenvalue weighted by molar-refractivity contribution is 14.0. The molecule has 3 rings (SSSR count). The Kier molecular flexibility index (Phi) is 9.06. The standard InChI is InChI=1S/C21H31N5O2.HI/c1-4-28-21(27)26-12-9-17(10-13-26)25-20(22-3)23-11-8-16-14-24-19-15(2)6-5-7-18(16)19;/h5-7,14,17,24H,4,8-13H2,1-3H3,(H2,22,23,25);1H. The predicted octanol–water partition coefficient (Wildman–Crippen LogP) is 3.42. The van der Waals surface area contributed by atoms with E-state index in [1.165, 1.54) is 22.0 Å². The van der Waals surface area contributed by atoms with Crippen molar-refractivity contribution in [2.75, 3.05) is 33.3 Å². The van der Waals surface area contributed by atoms with Gasteiger partial charge in [0.2, 0.25) is 0 Å². The summed E-state index contributed by atoms with van der Waals surface area (Å²) in [6.07, 6.45) is 4.59. The minimum atomic E-state index is -0.211. The number of aryl methyl sites for hydroxylation is 1. The van der Waals surface area contributed by atoms with E-state index in [-0.39, 0.29) is 30.1 Å². The highest BCUT2D eigenvalue weighted by atomic mass is 127. The number of guanidine groups is 1. The van der Waals surface area contributed by atoms with Crippen molar-refractivity contribution in [1.82, 2.24) is 20.5 Å². The molecule has 2 heterocycles. The van der Waals surface area contributed by atoms with Gasteiger partial charge >= 0.3 is 6.09 Å². The molecule has 1 amide bonds. The maximum Gasteiger partial charge on any atom is 0.409 e. The Labute approximate surface area is 189 Å². The topological polar surface area (TPSA) is 81.8 Å². The number of aromatic nitrogens is 1. The summed E-state index contributed by atoms with van der Waals surface area (Å²) in [4.78, 5) is 21.3. The number of nitrogens with one attached hydrogen (secondary N) is 3. The van der Waals surface area contributed by atoms with Gasteiger partial charge in [0.15, 0.2) is 5.96 Å². The van der Waals surface area contributed by atoms with Crippen LogP contribution in [0.3, 0.4) is 0 Å². The Morgan fingerprint density at radius 3 is 2.79 bits per heavy atom. The van der Waals surface area contributed by atoms with Crippen LogP contribution in [0.5, 0.6) is 0 Å². The summed E-state index contributed by atoms with van der Waals surface area (Å²) in [6.45, 7) is 6.61. The molecular formula is C21H32IN5O2. The van der Waals surface area contributed by atoms with Crippen molar-refractivity contribution >= 4 is 46.9 Å². The number of aromatic amines is 1. The number of benzene rings is 1. The lowest BCUT2D eigenvalue weighted by molar-refractivity contribution is 0.0963. The van der Waals surface area contributed by atoms with Gasteiger partial charge in [0.25, 0.3) is 0 Å². The first-order valence-corrected chi connectivity index (χ1v) is 10.1. The first-order chi connectivity index (χ1) is 13.6. The Balaban J connectivity index is 0.00000300. The maximum absolute atomic E-state index is 11.8. The highest BCUT2D eigenvalue weighted by Crippen LogP contribution is 2.21. The van der Waals surface area contributed by atoms with Crippen LogP contribution in [0.1, 0.15) is 30.9 Å². The van der Waals surface area contributed by atoms with Crippen LogP contribution in [-0.4, -0.2) is 61.3 Å². The monoisotopic (exact) mass is 513 g/mol. The summed E-state index contributed by atoms with van der Waals surface area (Å²) in [7, 11) is 1.79. The third-order valence-corrected chi connectivity index (χ3v) is 5.28. The second kappa shape index (κ2) is 11.3. The number of amides is 1. The molecule has 1 saturated heterocycles. The molecule has 0 spiro atoms. The number of carbonyl (C=O) groups excluding carboxylic acids is 1. The first kappa shape index (κ1) is 23.3. The predicted molar refractivity (Wildman–Crippen MR) is 128 cm³/mol. The molecule has 1 fully saturated rings. The number of likely N-dealkylation sites (tertiary alicyclic amines) is 1. The molecule has 1 aliphatic heterocycles. The van der Waals surface area contributed by atoms with Crippen molar-refractivity contribution < 1.29 is 9.53 Å². The molecule has 1 aromatic carbocycles. The average Bonchev–Trinajstić information content (AvgIpc) is 3.12. The Morgan fingerprint density at radius 1 is 1.34 bits per heavy atom. The van der Waals surface area contributed by atoms with Crippen molar-refractivity contribution in [3.05, 3.63) is 35.5 Å². The van der Waals surface area contributed by atoms with Gasteiger partial charge in [0, 0.05) is 49.8 Å². The lowest BCUT2D eigenvalue weighted by Crippen LogP contribution is -2.50. The summed E-state index contributed by atoms with van der Waals surface area (Å²) in [5, 5.41) is 8.17. The van der Waals surface area contributed by atoms with Crippen molar-refractivity contribution in [3.63, 3.8) is 0 Å². The van der Waals surface area contributed by atoms with E-state index in [0.29, 0.717) is 25.7 Å². The van der Waals surface area contributed by atoms with Crippen LogP contribution in [0.15, 0.2) is 29.4 Å². The molecule has 0 bridgehead atoms. The quantitative estimate of drug-likeness (QED) is 0.325. The molecule has 1 aliphatic rings. The van der Waals surface area contributed by atoms with Crippen LogP contribution in [-0.2, 0) is 11.2 Å². The third kappa shape index (κ3) is 6.01. The Morgan fingerprint density at radius 2 is 2.10 bits per heavy atom. The van der Waals surface area contributed by atoms with E-state index < -0.39 is 0 Å². The lowest BCUT2D eigenvalue weighted by Gasteiger charge is -2.32. The molecule has 0 saturated carbocycles. The molecule has 3 N–H and O–H groups in total. The van der Waals surface area contributed by atoms with Crippen molar-refractivity contribution in [3.8, 4) is 0 Å². The zero-order chi connectivity index (χ0) is 19.9. The molecular weight excluding hydrogens is 481 g/mol. The van der Waals surface area contributed by atoms with Crippen LogP contribution in [0.2, 0.25) is 0 Å². The number of halogens is 1. The molecule has 1 aromatic heterocycles. The zero-order valence-corrected chi connectivity index (χ0v) is 19.8. The highest BCUT2D eigenvalue weighted by Gasteiger charge is 2.24. The van der Waals surface area contributed by atoms with Crippen molar-refractivity contribution in [2.45, 2.75) is 39.2 Å². The van der Waals surface area contributed by atoms with Gasteiger partial charge < -0.3 is 25.3 Å². The van der Waals surface area contributed by atoms with Crippen LogP contribution < -0.4 is 10.6 Å². The number of ether oxygens (including phenoxy) is 1. The first-order valence-electron chi connectivity index (χ1n) is 10.1. The van der Waals surface area contributed by atoms with Gasteiger partial charge in [-0.3, -0.25) is 4.99 Å². The number of piperidine rings is 1. The molecule has 160 valence electrons. The van der Waals surface area contributed by atoms with E-state index in [1.807, 2.05) is 6.92 Å². The Bertz CT molecular complexity index is 828. The van der Waals surface area contributed by atoms with Crippen molar-refractivity contribution in [2.24, 2.45) is 4.99 Å². The number of nitrogens with zero attached hydrogens (tertiary/aromatic N) is 2. The van der Waals surface area contributed by atoms with Crippen LogP contribution in [0.25, 0.3) is 10.9 Å². The van der Waals surface area contributed by atoms with E-state index in [2.05, 4.69) is 51.9 Å². The lowest BCUT2D eigenvalue weighted by atomic mass is 10.1. The van der Waals surface area contributed by atoms with E-state index >= 15 is 0 Å². The molecule has 0 atom stereocenters. The number of hydrogen-bond donors (Lipinski definition) is 3. The number of fused-ring (bicyclic) bond motifs is 1. The summed E-state index contributed by atoms with van der Waals surface area (Å²) >= 11 is 0. The summed E-state index contributed by atoms with van der Waals surface area (Å²) < 4.78 is 5.07. The van der Waals surface area contributed by atoms with E-state index in [9.17, 15) is 4.79 Å². The SMILES string of the molecule is CCOC(=O)N1CCC(NC(=NC)NCCc2c[nH]c3c(C)cccc23)CC1.I. The molecule has 7 nitrogen and oxygen atoms in total. The average molecular weight is 513 g/mol. The fourth-order valence-corrected chi connectivity index (χ4v) is 3.70. The van der Waals surface area contributed by atoms with Crippen LogP contribution in [0.4, 0.5) is 4.79 Å². The van der Waals surface area contributed by atoms with Gasteiger partial charge in [0.1, 0.15) is 0 Å². The van der Waals surface area contributed by atoms with Gasteiger partial charge in [-0.2, -0.15) is 0 Å². The number of hydrogen-bond acceptors (Lipinski definition) is 3. The summed E-state index contributed by atoms with van der Waals surface area (Å²) in [6, 6.07) is 6.71. The van der Waals surface area contributed by atoms with Crippen LogP contribution >= 0.6 is 24.0 Å². The van der Waals surface area contributed by atoms with Gasteiger partial charge in [-0.05, 0) is 44.2 Å². The fraction of sp³-hybridized carbons (Fsp3) is 0.524. The summed E-state index contributed by atoms with van der Waals surface area (Å²) in [5.74, 6) is 0.811. The van der Waals surface area contributed by atoms with Gasteiger partial charge in [-0.15, -0.1) is 24.0 Å². The number of para-hydroxylation sites is 1. The van der Waals surface area contributed by atoms with E-state index in [1.54, 1.807) is 11.9 Å². The normalized spacial score (nSPS) is 15.1. The minimum Gasteiger partial charge on any atom is -0.450 e. The number of rotatable bonds is 5. The van der Waals surface area contributed by atoms with Gasteiger partial charge in [0.05, 0.1) is 6.61 Å². The minimum absolute atomic E-state index is 0. The fourth-order valence-electron chi connectivity index (χ4n) is 3.70. The third-order valence-electron chi connectivity index (χ3n) is 5.28.